The standard InChI is InChI=1S/C17H27N3/c1-2-9-20-10-7-13(8-11-20)19-17-12-16(18)14-5-3-4-6-15(14)17/h3-6,13,16-17,19H,2,7-12,18H2,1H3. The first kappa shape index (κ1) is 14.1. The van der Waals surface area contributed by atoms with Gasteiger partial charge in [-0.25, -0.2) is 0 Å². The van der Waals surface area contributed by atoms with Gasteiger partial charge in [-0.15, -0.1) is 0 Å². The lowest BCUT2D eigenvalue weighted by Gasteiger charge is -2.34. The Morgan fingerprint density at radius 2 is 1.90 bits per heavy atom. The highest BCUT2D eigenvalue weighted by Gasteiger charge is 2.30. The van der Waals surface area contributed by atoms with Crippen molar-refractivity contribution in [2.45, 2.75) is 50.7 Å². The fourth-order valence-corrected chi connectivity index (χ4v) is 3.76. The van der Waals surface area contributed by atoms with Gasteiger partial charge in [0.15, 0.2) is 0 Å². The van der Waals surface area contributed by atoms with E-state index in [9.17, 15) is 0 Å². The van der Waals surface area contributed by atoms with Gasteiger partial charge in [0.05, 0.1) is 0 Å². The van der Waals surface area contributed by atoms with Gasteiger partial charge < -0.3 is 16.0 Å². The van der Waals surface area contributed by atoms with Gasteiger partial charge in [0, 0.05) is 18.1 Å². The number of nitrogens with two attached hydrogens (primary N) is 1. The molecule has 1 saturated heterocycles. The van der Waals surface area contributed by atoms with Crippen LogP contribution in [0.5, 0.6) is 0 Å². The number of rotatable bonds is 4. The molecule has 0 aromatic heterocycles. The van der Waals surface area contributed by atoms with Gasteiger partial charge in [0.1, 0.15) is 0 Å². The summed E-state index contributed by atoms with van der Waals surface area (Å²) in [5, 5.41) is 3.86. The molecule has 1 aliphatic carbocycles. The first-order valence-corrected chi connectivity index (χ1v) is 8.10. The van der Waals surface area contributed by atoms with Crippen molar-refractivity contribution >= 4 is 0 Å². The van der Waals surface area contributed by atoms with Crippen LogP contribution in [-0.2, 0) is 0 Å². The first-order chi connectivity index (χ1) is 9.78. The SMILES string of the molecule is CCCN1CCC(NC2CC(N)c3ccccc32)CC1. The Morgan fingerprint density at radius 1 is 1.20 bits per heavy atom. The highest BCUT2D eigenvalue weighted by molar-refractivity contribution is 5.37. The summed E-state index contributed by atoms with van der Waals surface area (Å²) < 4.78 is 0. The molecule has 3 N–H and O–H groups in total. The summed E-state index contributed by atoms with van der Waals surface area (Å²) in [5.41, 5.74) is 9.02. The van der Waals surface area contributed by atoms with Crippen LogP contribution >= 0.6 is 0 Å². The minimum absolute atomic E-state index is 0.212. The van der Waals surface area contributed by atoms with Crippen molar-refractivity contribution in [1.29, 1.82) is 0 Å². The molecular formula is C17H27N3. The molecule has 3 heteroatoms. The number of nitrogens with one attached hydrogen (secondary N) is 1. The third-order valence-corrected chi connectivity index (χ3v) is 4.82. The lowest BCUT2D eigenvalue weighted by atomic mass is 10.0. The molecule has 3 nitrogen and oxygen atoms in total. The van der Waals surface area contributed by atoms with E-state index >= 15 is 0 Å². The lowest BCUT2D eigenvalue weighted by Crippen LogP contribution is -2.43. The predicted molar refractivity (Wildman–Crippen MR) is 83.6 cm³/mol. The van der Waals surface area contributed by atoms with Gasteiger partial charge in [-0.05, 0) is 56.4 Å². The first-order valence-electron chi connectivity index (χ1n) is 8.10. The van der Waals surface area contributed by atoms with E-state index in [0.717, 1.165) is 6.42 Å². The number of fused-ring (bicyclic) bond motifs is 1. The fourth-order valence-electron chi connectivity index (χ4n) is 3.76. The molecule has 0 saturated carbocycles. The van der Waals surface area contributed by atoms with Gasteiger partial charge in [0.25, 0.3) is 0 Å². The minimum Gasteiger partial charge on any atom is -0.324 e. The molecule has 1 aromatic rings. The molecule has 3 rings (SSSR count). The van der Waals surface area contributed by atoms with Gasteiger partial charge in [-0.1, -0.05) is 31.2 Å². The molecular weight excluding hydrogens is 246 g/mol. The summed E-state index contributed by atoms with van der Waals surface area (Å²) in [6.07, 6.45) is 4.86. The van der Waals surface area contributed by atoms with Crippen molar-refractivity contribution in [3.63, 3.8) is 0 Å². The maximum Gasteiger partial charge on any atom is 0.0344 e. The average molecular weight is 273 g/mol. The second kappa shape index (κ2) is 6.25. The van der Waals surface area contributed by atoms with Crippen molar-refractivity contribution in [2.75, 3.05) is 19.6 Å². The number of piperidine rings is 1. The monoisotopic (exact) mass is 273 g/mol. The van der Waals surface area contributed by atoms with Crippen LogP contribution in [0.2, 0.25) is 0 Å². The third kappa shape index (κ3) is 2.90. The zero-order valence-corrected chi connectivity index (χ0v) is 12.5. The molecule has 1 fully saturated rings. The minimum atomic E-state index is 0.212. The maximum atomic E-state index is 6.26. The molecule has 0 amide bonds. The normalized spacial score (nSPS) is 27.7. The summed E-state index contributed by atoms with van der Waals surface area (Å²) >= 11 is 0. The van der Waals surface area contributed by atoms with Crippen molar-refractivity contribution < 1.29 is 0 Å². The summed E-state index contributed by atoms with van der Waals surface area (Å²) in [7, 11) is 0. The topological polar surface area (TPSA) is 41.3 Å². The van der Waals surface area contributed by atoms with E-state index < -0.39 is 0 Å². The van der Waals surface area contributed by atoms with Gasteiger partial charge in [-0.3, -0.25) is 0 Å². The highest BCUT2D eigenvalue weighted by Crippen LogP contribution is 2.37. The fraction of sp³-hybridized carbons (Fsp3) is 0.647. The molecule has 1 aromatic carbocycles. The van der Waals surface area contributed by atoms with Crippen LogP contribution in [0.3, 0.4) is 0 Å². The zero-order valence-electron chi connectivity index (χ0n) is 12.5. The largest absolute Gasteiger partial charge is 0.324 e. The quantitative estimate of drug-likeness (QED) is 0.886. The van der Waals surface area contributed by atoms with E-state index in [1.54, 1.807) is 0 Å². The van der Waals surface area contributed by atoms with Crippen LogP contribution in [0, 0.1) is 0 Å². The summed E-state index contributed by atoms with van der Waals surface area (Å²) in [6.45, 7) is 6.00. The smallest absolute Gasteiger partial charge is 0.0344 e. The Hall–Kier alpha value is -0.900. The molecule has 0 spiro atoms. The average Bonchev–Trinajstić information content (AvgIpc) is 2.79. The van der Waals surface area contributed by atoms with Crippen molar-refractivity contribution in [2.24, 2.45) is 5.73 Å². The van der Waals surface area contributed by atoms with E-state index in [4.69, 9.17) is 5.73 Å². The Kier molecular flexibility index (Phi) is 4.39. The lowest BCUT2D eigenvalue weighted by molar-refractivity contribution is 0.190. The van der Waals surface area contributed by atoms with Crippen LogP contribution in [-0.4, -0.2) is 30.6 Å². The Bertz CT molecular complexity index is 438. The van der Waals surface area contributed by atoms with E-state index in [-0.39, 0.29) is 6.04 Å². The number of hydrogen-bond acceptors (Lipinski definition) is 3. The van der Waals surface area contributed by atoms with Crippen LogP contribution in [0.4, 0.5) is 0 Å². The van der Waals surface area contributed by atoms with Crippen molar-refractivity contribution in [3.05, 3.63) is 35.4 Å². The predicted octanol–water partition coefficient (Wildman–Crippen LogP) is 2.60. The molecule has 1 aliphatic heterocycles. The molecule has 0 bridgehead atoms. The highest BCUT2D eigenvalue weighted by atomic mass is 15.1. The van der Waals surface area contributed by atoms with Gasteiger partial charge >= 0.3 is 0 Å². The third-order valence-electron chi connectivity index (χ3n) is 4.82. The van der Waals surface area contributed by atoms with E-state index in [0.29, 0.717) is 12.1 Å². The van der Waals surface area contributed by atoms with Crippen molar-refractivity contribution in [3.8, 4) is 0 Å². The van der Waals surface area contributed by atoms with E-state index in [2.05, 4.69) is 41.4 Å². The van der Waals surface area contributed by atoms with Crippen LogP contribution in [0.1, 0.15) is 55.8 Å². The summed E-state index contributed by atoms with van der Waals surface area (Å²) in [6, 6.07) is 10.00. The molecule has 110 valence electrons. The number of likely N-dealkylation sites (tertiary alicyclic amines) is 1. The Labute approximate surface area is 122 Å². The van der Waals surface area contributed by atoms with Gasteiger partial charge in [-0.2, -0.15) is 0 Å². The molecule has 2 atom stereocenters. The number of hydrogen-bond donors (Lipinski definition) is 2. The van der Waals surface area contributed by atoms with E-state index in [1.165, 1.54) is 50.0 Å². The van der Waals surface area contributed by atoms with Crippen molar-refractivity contribution in [1.82, 2.24) is 10.2 Å². The second-order valence-corrected chi connectivity index (χ2v) is 6.31. The molecule has 20 heavy (non-hydrogen) atoms. The van der Waals surface area contributed by atoms with Gasteiger partial charge in [0.2, 0.25) is 0 Å². The molecule has 1 heterocycles. The second-order valence-electron chi connectivity index (χ2n) is 6.31. The summed E-state index contributed by atoms with van der Waals surface area (Å²) in [5.74, 6) is 0. The molecule has 2 unspecified atom stereocenters. The van der Waals surface area contributed by atoms with Crippen LogP contribution in [0.25, 0.3) is 0 Å². The Morgan fingerprint density at radius 3 is 2.60 bits per heavy atom. The number of nitrogens with zero attached hydrogens (tertiary/aromatic N) is 1. The molecule has 2 aliphatic rings. The Balaban J connectivity index is 1.58. The summed E-state index contributed by atoms with van der Waals surface area (Å²) in [4.78, 5) is 2.59. The number of benzene rings is 1. The zero-order chi connectivity index (χ0) is 13.9. The van der Waals surface area contributed by atoms with Crippen LogP contribution in [0.15, 0.2) is 24.3 Å². The van der Waals surface area contributed by atoms with E-state index in [1.807, 2.05) is 0 Å². The van der Waals surface area contributed by atoms with Crippen LogP contribution < -0.4 is 11.1 Å². The molecule has 0 radical (unpaired) electrons. The maximum absolute atomic E-state index is 6.26.